The summed E-state index contributed by atoms with van der Waals surface area (Å²) in [5.74, 6) is 0. The molecule has 0 bridgehead atoms. The molecule has 202 valence electrons. The maximum atomic E-state index is 11.6. The summed E-state index contributed by atoms with van der Waals surface area (Å²) in [6.07, 6.45) is 1.09. The predicted molar refractivity (Wildman–Crippen MR) is 154 cm³/mol. The molecule has 1 N–H and O–H groups in total. The molecule has 0 saturated carbocycles. The average Bonchev–Trinajstić information content (AvgIpc) is 2.98. The third-order valence-electron chi connectivity index (χ3n) is 6.35. The molecule has 2 atom stereocenters. The van der Waals surface area contributed by atoms with E-state index in [9.17, 15) is 22.4 Å². The van der Waals surface area contributed by atoms with Gasteiger partial charge in [0.05, 0.1) is 0 Å². The van der Waals surface area contributed by atoms with E-state index >= 15 is 0 Å². The molecule has 0 aliphatic carbocycles. The van der Waals surface area contributed by atoms with Crippen LogP contribution in [0.15, 0.2) is 146 Å². The van der Waals surface area contributed by atoms with Crippen LogP contribution in [0.3, 0.4) is 0 Å². The zero-order valence-corrected chi connectivity index (χ0v) is 21.6. The molecule has 0 fully saturated rings. The fourth-order valence-corrected chi connectivity index (χ4v) is 4.61. The number of nitrogens with zero attached hydrogens (tertiary/aromatic N) is 1. The minimum Gasteiger partial charge on any atom is -0.418 e. The van der Waals surface area contributed by atoms with Crippen LogP contribution in [0.25, 0.3) is 33.6 Å². The van der Waals surface area contributed by atoms with Crippen molar-refractivity contribution in [3.8, 4) is 33.6 Å². The molecular formula is C33H28BF4NO. The van der Waals surface area contributed by atoms with Crippen LogP contribution >= 0.6 is 0 Å². The van der Waals surface area contributed by atoms with E-state index in [1.165, 1.54) is 0 Å². The van der Waals surface area contributed by atoms with Gasteiger partial charge in [-0.2, -0.15) is 4.57 Å². The molecule has 2 nitrogen and oxygen atoms in total. The number of hydrogen-bond donors (Lipinski definition) is 1. The highest BCUT2D eigenvalue weighted by Gasteiger charge is 2.34. The fourth-order valence-electron chi connectivity index (χ4n) is 4.61. The van der Waals surface area contributed by atoms with Gasteiger partial charge in [-0.1, -0.05) is 104 Å². The Bertz CT molecular complexity index is 1450. The molecule has 5 rings (SSSR count). The number of halogens is 4. The summed E-state index contributed by atoms with van der Waals surface area (Å²) in [4.78, 5) is 0. The molecule has 0 radical (unpaired) electrons. The summed E-state index contributed by atoms with van der Waals surface area (Å²) in [5.41, 5.74) is 7.32. The number of rotatable bonds is 7. The monoisotopic (exact) mass is 541 g/mol. The topological polar surface area (TPSA) is 24.1 Å². The van der Waals surface area contributed by atoms with E-state index < -0.39 is 13.4 Å². The average molecular weight is 541 g/mol. The van der Waals surface area contributed by atoms with Gasteiger partial charge in [-0.15, -0.1) is 0 Å². The lowest BCUT2D eigenvalue weighted by Gasteiger charge is -2.21. The Morgan fingerprint density at radius 2 is 0.925 bits per heavy atom. The van der Waals surface area contributed by atoms with Gasteiger partial charge in [0.25, 0.3) is 0 Å². The minimum absolute atomic E-state index is 0.382. The van der Waals surface area contributed by atoms with E-state index in [1.54, 1.807) is 0 Å². The van der Waals surface area contributed by atoms with Gasteiger partial charge in [-0.05, 0) is 47.0 Å². The molecule has 1 heterocycles. The van der Waals surface area contributed by atoms with Crippen LogP contribution in [0, 0.1) is 0 Å². The Morgan fingerprint density at radius 1 is 0.575 bits per heavy atom. The van der Waals surface area contributed by atoms with Crippen LogP contribution in [-0.4, -0.2) is 12.4 Å². The van der Waals surface area contributed by atoms with Crippen molar-refractivity contribution in [2.75, 3.05) is 0 Å². The van der Waals surface area contributed by atoms with Crippen molar-refractivity contribution in [3.63, 3.8) is 0 Å². The van der Waals surface area contributed by atoms with Crippen LogP contribution in [0.5, 0.6) is 0 Å². The maximum absolute atomic E-state index is 11.6. The highest BCUT2D eigenvalue weighted by atomic mass is 19.5. The molecule has 7 heteroatoms. The molecular weight excluding hydrogens is 513 g/mol. The van der Waals surface area contributed by atoms with Crippen LogP contribution in [-0.2, 0) is 0 Å². The highest BCUT2D eigenvalue weighted by Crippen LogP contribution is 2.33. The molecule has 0 aliphatic heterocycles. The lowest BCUT2D eigenvalue weighted by molar-refractivity contribution is -0.700. The maximum Gasteiger partial charge on any atom is 0.673 e. The van der Waals surface area contributed by atoms with Crippen LogP contribution < -0.4 is 4.57 Å². The van der Waals surface area contributed by atoms with Gasteiger partial charge >= 0.3 is 7.25 Å². The number of hydrogen-bond acceptors (Lipinski definition) is 1. The summed E-state index contributed by atoms with van der Waals surface area (Å²) < 4.78 is 41.2. The van der Waals surface area contributed by atoms with Crippen LogP contribution in [0.2, 0.25) is 0 Å². The lowest BCUT2D eigenvalue weighted by atomic mass is 9.95. The Labute approximate surface area is 231 Å². The predicted octanol–water partition coefficient (Wildman–Crippen LogP) is 8.74. The van der Waals surface area contributed by atoms with E-state index in [-0.39, 0.29) is 6.04 Å². The summed E-state index contributed by atoms with van der Waals surface area (Å²) in [7, 11) is -6.00. The first-order valence-electron chi connectivity index (χ1n) is 12.7. The minimum atomic E-state index is -6.00. The summed E-state index contributed by atoms with van der Waals surface area (Å²) >= 11 is 0. The first kappa shape index (κ1) is 28.5. The number of benzene rings is 4. The third-order valence-corrected chi connectivity index (χ3v) is 6.35. The Balaban J connectivity index is 0.000000681. The zero-order chi connectivity index (χ0) is 28.5. The second-order valence-corrected chi connectivity index (χ2v) is 9.06. The standard InChI is InChI=1S/C33H28NO.BF4/c1-2-30(33(35)28-21-13-6-14-22-28)34-31(26-17-9-4-10-18-26)23-29(25-15-7-3-8-16-25)24-32(34)27-19-11-5-12-20-27;2-1(3,4)5/h2-24,30,33,35H,1H2;/q+1;-1. The molecule has 0 spiro atoms. The van der Waals surface area contributed by atoms with Gasteiger partial charge in [0, 0.05) is 23.3 Å². The number of aliphatic hydroxyl groups excluding tert-OH is 1. The molecule has 2 unspecified atom stereocenters. The second kappa shape index (κ2) is 13.0. The van der Waals surface area contributed by atoms with Gasteiger partial charge < -0.3 is 22.4 Å². The molecule has 4 aromatic carbocycles. The molecule has 0 amide bonds. The van der Waals surface area contributed by atoms with Crippen molar-refractivity contribution in [2.24, 2.45) is 0 Å². The quantitative estimate of drug-likeness (QED) is 0.0948. The molecule has 40 heavy (non-hydrogen) atoms. The van der Waals surface area contributed by atoms with Gasteiger partial charge in [0.2, 0.25) is 17.4 Å². The van der Waals surface area contributed by atoms with E-state index in [4.69, 9.17) is 0 Å². The second-order valence-electron chi connectivity index (χ2n) is 9.06. The highest BCUT2D eigenvalue weighted by molar-refractivity contribution is 6.50. The van der Waals surface area contributed by atoms with Gasteiger partial charge in [-0.3, -0.25) is 0 Å². The molecule has 5 aromatic rings. The van der Waals surface area contributed by atoms with Gasteiger partial charge in [-0.25, -0.2) is 0 Å². The van der Waals surface area contributed by atoms with Crippen molar-refractivity contribution in [1.82, 2.24) is 0 Å². The number of aromatic nitrogens is 1. The lowest BCUT2D eigenvalue weighted by Crippen LogP contribution is -2.46. The van der Waals surface area contributed by atoms with Gasteiger partial charge in [0.15, 0.2) is 0 Å². The van der Waals surface area contributed by atoms with Crippen molar-refractivity contribution in [3.05, 3.63) is 152 Å². The van der Waals surface area contributed by atoms with Crippen LogP contribution in [0.1, 0.15) is 17.7 Å². The number of aliphatic hydroxyl groups is 1. The summed E-state index contributed by atoms with van der Waals surface area (Å²) in [6.45, 7) is 4.15. The van der Waals surface area contributed by atoms with Crippen molar-refractivity contribution in [1.29, 1.82) is 0 Å². The van der Waals surface area contributed by atoms with E-state index in [2.05, 4.69) is 71.8 Å². The Kier molecular flexibility index (Phi) is 9.30. The molecule has 1 aromatic heterocycles. The largest absolute Gasteiger partial charge is 0.673 e. The summed E-state index contributed by atoms with van der Waals surface area (Å²) in [6, 6.07) is 45.0. The first-order chi connectivity index (χ1) is 19.3. The van der Waals surface area contributed by atoms with Crippen molar-refractivity contribution < 1.29 is 26.9 Å². The van der Waals surface area contributed by atoms with Crippen molar-refractivity contribution >= 4 is 7.25 Å². The van der Waals surface area contributed by atoms with E-state index in [0.29, 0.717) is 0 Å². The Morgan fingerprint density at radius 3 is 1.30 bits per heavy atom. The van der Waals surface area contributed by atoms with Gasteiger partial charge in [0.1, 0.15) is 6.10 Å². The smallest absolute Gasteiger partial charge is 0.418 e. The molecule has 0 saturated heterocycles. The third kappa shape index (κ3) is 7.33. The zero-order valence-electron chi connectivity index (χ0n) is 21.6. The fraction of sp³-hybridized carbons (Fsp3) is 0.0606. The number of pyridine rings is 1. The first-order valence-corrected chi connectivity index (χ1v) is 12.7. The summed E-state index contributed by atoms with van der Waals surface area (Å²) in [5, 5.41) is 11.6. The van der Waals surface area contributed by atoms with E-state index in [0.717, 1.165) is 39.2 Å². The normalized spacial score (nSPS) is 12.5. The SMILES string of the molecule is C=CC(C(O)c1ccccc1)[n+]1c(-c2ccccc2)cc(-c2ccccc2)cc1-c1ccccc1.F[B-](F)(F)F. The Hall–Kier alpha value is -4.49. The van der Waals surface area contributed by atoms with Crippen molar-refractivity contribution in [2.45, 2.75) is 12.1 Å². The van der Waals surface area contributed by atoms with Crippen LogP contribution in [0.4, 0.5) is 17.3 Å². The van der Waals surface area contributed by atoms with E-state index in [1.807, 2.05) is 78.9 Å². The molecule has 0 aliphatic rings.